The molecule has 2 aliphatic heterocycles. The predicted molar refractivity (Wildman–Crippen MR) is 158 cm³/mol. The number of aliphatic hydroxyl groups excluding tert-OH is 1. The molecule has 0 spiro atoms. The van der Waals surface area contributed by atoms with Crippen LogP contribution in [0.4, 0.5) is 0 Å². The summed E-state index contributed by atoms with van der Waals surface area (Å²) in [6.07, 6.45) is 13.4. The molecule has 4 aliphatic carbocycles. The number of ether oxygens (including phenoxy) is 2. The Morgan fingerprint density at radius 1 is 0.857 bits per heavy atom. The largest absolute Gasteiger partial charge is 1.00 e. The maximum atomic E-state index is 12.5. The van der Waals surface area contributed by atoms with Gasteiger partial charge in [0.15, 0.2) is 6.10 Å². The molecule has 0 aromatic carbocycles. The fourth-order valence-electron chi connectivity index (χ4n) is 11.7. The number of carbonyl (C=O) groups is 2. The topological polar surface area (TPSA) is 76.1 Å². The number of carbonyl (C=O) groups excluding carboxylic acids is 2. The van der Waals surface area contributed by atoms with E-state index in [0.29, 0.717) is 29.7 Å². The predicted octanol–water partition coefficient (Wildman–Crippen LogP) is 1.94. The number of fused-ring (bicyclic) bond motifs is 5. The lowest BCUT2D eigenvalue weighted by molar-refractivity contribution is -0.940. The lowest BCUT2D eigenvalue weighted by Gasteiger charge is -2.62. The molecule has 42 heavy (non-hydrogen) atoms. The van der Waals surface area contributed by atoms with Gasteiger partial charge in [0.25, 0.3) is 0 Å². The highest BCUT2D eigenvalue weighted by molar-refractivity contribution is 5.66. The molecule has 240 valence electrons. The molecule has 6 rings (SSSR count). The minimum Gasteiger partial charge on any atom is -1.00 e. The molecule has 0 radical (unpaired) electrons. The van der Waals surface area contributed by atoms with Crippen molar-refractivity contribution >= 4 is 11.9 Å². The van der Waals surface area contributed by atoms with Crippen molar-refractivity contribution < 1.29 is 45.6 Å². The van der Waals surface area contributed by atoms with Crippen LogP contribution >= 0.6 is 0 Å². The lowest BCUT2D eigenvalue weighted by Crippen LogP contribution is -3.00. The molecule has 8 heteroatoms. The van der Waals surface area contributed by atoms with E-state index in [1.807, 2.05) is 0 Å². The van der Waals surface area contributed by atoms with E-state index in [4.69, 9.17) is 9.47 Å². The molecule has 2 heterocycles. The molecule has 0 bridgehead atoms. The number of likely N-dealkylation sites (tertiary alicyclic amines) is 2. The van der Waals surface area contributed by atoms with E-state index in [1.54, 1.807) is 13.8 Å². The monoisotopic (exact) mass is 652 g/mol. The summed E-state index contributed by atoms with van der Waals surface area (Å²) >= 11 is 0. The first-order valence-corrected chi connectivity index (χ1v) is 17.1. The Labute approximate surface area is 264 Å². The average molecular weight is 654 g/mol. The third-order valence-electron chi connectivity index (χ3n) is 13.8. The van der Waals surface area contributed by atoms with Crippen LogP contribution in [0.2, 0.25) is 0 Å². The molecule has 4 saturated carbocycles. The zero-order chi connectivity index (χ0) is 29.2. The van der Waals surface area contributed by atoms with Crippen molar-refractivity contribution in [3.05, 3.63) is 0 Å². The average Bonchev–Trinajstić information content (AvgIpc) is 3.22. The highest BCUT2D eigenvalue weighted by Gasteiger charge is 2.67. The van der Waals surface area contributed by atoms with Crippen molar-refractivity contribution in [1.29, 1.82) is 0 Å². The molecule has 6 fully saturated rings. The number of piperidine rings is 2. The molecule has 0 aromatic heterocycles. The van der Waals surface area contributed by atoms with Gasteiger partial charge in [-0.05, 0) is 99.7 Å². The zero-order valence-electron chi connectivity index (χ0n) is 26.9. The Hall–Kier alpha value is -0.700. The number of quaternary nitrogens is 1. The van der Waals surface area contributed by atoms with E-state index in [0.717, 1.165) is 49.7 Å². The summed E-state index contributed by atoms with van der Waals surface area (Å²) in [7, 11) is 2.45. The number of hydrogen-bond acceptors (Lipinski definition) is 6. The third kappa shape index (κ3) is 5.62. The van der Waals surface area contributed by atoms with Crippen LogP contribution < -0.4 is 17.0 Å². The maximum Gasteiger partial charge on any atom is 0.303 e. The summed E-state index contributed by atoms with van der Waals surface area (Å²) in [5, 5.41) is 10.2. The highest BCUT2D eigenvalue weighted by atomic mass is 79.9. The molecular weight excluding hydrogens is 596 g/mol. The van der Waals surface area contributed by atoms with Crippen LogP contribution in [0.3, 0.4) is 0 Å². The standard InChI is InChI=1S/C34H57N2O5.BrH/c1-22(37)40-31-19-24-9-10-26-27(34(24,4)21-29(31)35-15-12-25(39)13-16-35)11-14-33(3)28(26)20-30(32(33)41-23(2)38)36(5)17-7-6-8-18-36;/h24-32,39H,6-21H2,1-5H3;1H/q+1;/p-1/t24?,26-,27-,28+,29?,30?,31?,32?,33+,34+;/m1./s1. The van der Waals surface area contributed by atoms with Crippen molar-refractivity contribution in [3.8, 4) is 0 Å². The van der Waals surface area contributed by atoms with E-state index >= 15 is 0 Å². The van der Waals surface area contributed by atoms with E-state index in [9.17, 15) is 14.7 Å². The number of hydrogen-bond donors (Lipinski definition) is 1. The number of nitrogens with zero attached hydrogens (tertiary/aromatic N) is 2. The van der Waals surface area contributed by atoms with E-state index in [-0.39, 0.29) is 64.1 Å². The van der Waals surface area contributed by atoms with Gasteiger partial charge in [-0.15, -0.1) is 0 Å². The molecule has 5 unspecified atom stereocenters. The lowest BCUT2D eigenvalue weighted by atomic mass is 9.44. The number of halogens is 1. The SMILES string of the molecule is CC(=O)OC1CC2CC[C@@H]3[C@@H](CC[C@]4(C)C(OC(C)=O)C([N+]5(C)CCCCC5)C[C@@H]34)[C@@]2(C)CC1N1CCC(O)CC1.[Br-]. The van der Waals surface area contributed by atoms with Crippen LogP contribution in [-0.2, 0) is 19.1 Å². The molecule has 10 atom stereocenters. The van der Waals surface area contributed by atoms with E-state index in [1.165, 1.54) is 58.0 Å². The van der Waals surface area contributed by atoms with Crippen LogP contribution in [0.15, 0.2) is 0 Å². The van der Waals surface area contributed by atoms with Gasteiger partial charge in [-0.2, -0.15) is 0 Å². The minimum atomic E-state index is -0.203. The van der Waals surface area contributed by atoms with Gasteiger partial charge in [-0.1, -0.05) is 13.8 Å². The Bertz CT molecular complexity index is 996. The van der Waals surface area contributed by atoms with Gasteiger partial charge < -0.3 is 36.0 Å². The summed E-state index contributed by atoms with van der Waals surface area (Å²) in [4.78, 5) is 27.2. The van der Waals surface area contributed by atoms with Gasteiger partial charge in [-0.25, -0.2) is 0 Å². The van der Waals surface area contributed by atoms with Crippen LogP contribution in [0.25, 0.3) is 0 Å². The van der Waals surface area contributed by atoms with Gasteiger partial charge in [-0.3, -0.25) is 14.5 Å². The number of esters is 2. The van der Waals surface area contributed by atoms with Crippen molar-refractivity contribution in [2.75, 3.05) is 33.2 Å². The highest BCUT2D eigenvalue weighted by Crippen LogP contribution is 2.67. The summed E-state index contributed by atoms with van der Waals surface area (Å²) in [6.45, 7) is 12.4. The van der Waals surface area contributed by atoms with E-state index in [2.05, 4.69) is 25.8 Å². The normalized spacial score (nSPS) is 45.5. The summed E-state index contributed by atoms with van der Waals surface area (Å²) in [6, 6.07) is 0.647. The second kappa shape index (κ2) is 12.2. The molecule has 1 N–H and O–H groups in total. The van der Waals surface area contributed by atoms with Gasteiger partial charge in [0.1, 0.15) is 12.1 Å². The zero-order valence-corrected chi connectivity index (χ0v) is 28.4. The van der Waals surface area contributed by atoms with Crippen LogP contribution in [0.1, 0.15) is 105 Å². The van der Waals surface area contributed by atoms with Crippen molar-refractivity contribution in [2.24, 2.45) is 34.5 Å². The maximum absolute atomic E-state index is 12.5. The third-order valence-corrected chi connectivity index (χ3v) is 13.8. The molecule has 0 aromatic rings. The number of rotatable bonds is 4. The number of likely N-dealkylation sites (N-methyl/N-ethyl adjacent to an activating group) is 1. The van der Waals surface area contributed by atoms with Gasteiger partial charge in [0.2, 0.25) is 0 Å². The molecule has 6 aliphatic rings. The first-order chi connectivity index (χ1) is 19.4. The molecule has 7 nitrogen and oxygen atoms in total. The molecular formula is C34H57BrN2O5. The van der Waals surface area contributed by atoms with E-state index < -0.39 is 0 Å². The first-order valence-electron chi connectivity index (χ1n) is 17.1. The van der Waals surface area contributed by atoms with Crippen LogP contribution in [-0.4, -0.2) is 90.1 Å². The quantitative estimate of drug-likeness (QED) is 0.370. The smallest absolute Gasteiger partial charge is 0.303 e. The van der Waals surface area contributed by atoms with Crippen molar-refractivity contribution in [2.45, 2.75) is 135 Å². The van der Waals surface area contributed by atoms with Crippen molar-refractivity contribution in [1.82, 2.24) is 4.90 Å². The Morgan fingerprint density at radius 2 is 1.52 bits per heavy atom. The number of aliphatic hydroxyl groups is 1. The first kappa shape index (κ1) is 32.7. The summed E-state index contributed by atoms with van der Waals surface area (Å²) < 4.78 is 13.5. The van der Waals surface area contributed by atoms with Crippen molar-refractivity contribution in [3.63, 3.8) is 0 Å². The van der Waals surface area contributed by atoms with Crippen LogP contribution in [0.5, 0.6) is 0 Å². The van der Waals surface area contributed by atoms with Gasteiger partial charge in [0, 0.05) is 44.8 Å². The second-order valence-corrected chi connectivity index (χ2v) is 15.9. The molecule has 0 amide bonds. The summed E-state index contributed by atoms with van der Waals surface area (Å²) in [5.41, 5.74) is 0.275. The fourth-order valence-corrected chi connectivity index (χ4v) is 11.7. The van der Waals surface area contributed by atoms with Gasteiger partial charge >= 0.3 is 11.9 Å². The minimum absolute atomic E-state index is 0. The second-order valence-electron chi connectivity index (χ2n) is 15.9. The Kier molecular flexibility index (Phi) is 9.53. The molecule has 2 saturated heterocycles. The Morgan fingerprint density at radius 3 is 2.17 bits per heavy atom. The van der Waals surface area contributed by atoms with Crippen LogP contribution in [0, 0.1) is 34.5 Å². The summed E-state index contributed by atoms with van der Waals surface area (Å²) in [5.74, 6) is 2.24. The fraction of sp³-hybridized carbons (Fsp3) is 0.941. The Balaban J connectivity index is 0.00000353. The van der Waals surface area contributed by atoms with Gasteiger partial charge in [0.05, 0.1) is 26.2 Å².